The van der Waals surface area contributed by atoms with Crippen LogP contribution in [0.25, 0.3) is 0 Å². The van der Waals surface area contributed by atoms with Gasteiger partial charge in [0.15, 0.2) is 0 Å². The van der Waals surface area contributed by atoms with Gasteiger partial charge in [-0.3, -0.25) is 0 Å². The smallest absolute Gasteiger partial charge is 0.0611 e. The lowest BCUT2D eigenvalue weighted by molar-refractivity contribution is -0.0510. The summed E-state index contributed by atoms with van der Waals surface area (Å²) in [5, 5.41) is 12.4. The molecule has 0 radical (unpaired) electrons. The third-order valence-corrected chi connectivity index (χ3v) is 3.38. The van der Waals surface area contributed by atoms with E-state index in [-0.39, 0.29) is 12.1 Å². The number of nitrogens with one attached hydrogen (secondary N) is 1. The molecule has 0 bridgehead atoms. The van der Waals surface area contributed by atoms with E-state index in [0.29, 0.717) is 18.7 Å². The van der Waals surface area contributed by atoms with Crippen LogP contribution in [0.3, 0.4) is 0 Å². The van der Waals surface area contributed by atoms with Crippen molar-refractivity contribution in [3.05, 3.63) is 0 Å². The van der Waals surface area contributed by atoms with Crippen molar-refractivity contribution in [2.45, 2.75) is 57.2 Å². The molecule has 4 N–H and O–H groups in total. The van der Waals surface area contributed by atoms with Gasteiger partial charge in [0.05, 0.1) is 6.10 Å². The van der Waals surface area contributed by atoms with Crippen molar-refractivity contribution in [2.75, 3.05) is 19.8 Å². The van der Waals surface area contributed by atoms with Crippen LogP contribution in [-0.4, -0.2) is 42.5 Å². The highest BCUT2D eigenvalue weighted by atomic mass is 16.5. The average molecular weight is 230 g/mol. The quantitative estimate of drug-likeness (QED) is 0.572. The Labute approximate surface area is 98.5 Å². The molecule has 4 heteroatoms. The second-order valence-electron chi connectivity index (χ2n) is 4.88. The molecule has 1 aliphatic carbocycles. The largest absolute Gasteiger partial charge is 0.396 e. The monoisotopic (exact) mass is 230 g/mol. The lowest BCUT2D eigenvalue weighted by Crippen LogP contribution is -2.64. The molecular weight excluding hydrogens is 204 g/mol. The van der Waals surface area contributed by atoms with Crippen molar-refractivity contribution >= 4 is 0 Å². The topological polar surface area (TPSA) is 67.5 Å². The second kappa shape index (κ2) is 6.55. The predicted molar refractivity (Wildman–Crippen MR) is 65.4 cm³/mol. The highest BCUT2D eigenvalue weighted by Gasteiger charge is 2.44. The first-order valence-corrected chi connectivity index (χ1v) is 6.36. The maximum absolute atomic E-state index is 8.78. The van der Waals surface area contributed by atoms with E-state index in [2.05, 4.69) is 12.2 Å². The Morgan fingerprint density at radius 2 is 2.25 bits per heavy atom. The van der Waals surface area contributed by atoms with Gasteiger partial charge in [0.25, 0.3) is 0 Å². The molecule has 1 rings (SSSR count). The van der Waals surface area contributed by atoms with Crippen LogP contribution >= 0.6 is 0 Å². The van der Waals surface area contributed by atoms with Crippen LogP contribution in [0.15, 0.2) is 0 Å². The molecule has 1 fully saturated rings. The highest BCUT2D eigenvalue weighted by Crippen LogP contribution is 2.34. The Kier molecular flexibility index (Phi) is 5.69. The minimum atomic E-state index is 0.0781. The summed E-state index contributed by atoms with van der Waals surface area (Å²) in [5.74, 6) is 0. The van der Waals surface area contributed by atoms with E-state index in [4.69, 9.17) is 15.6 Å². The average Bonchev–Trinajstić information content (AvgIpc) is 2.23. The van der Waals surface area contributed by atoms with Gasteiger partial charge < -0.3 is 20.9 Å². The fraction of sp³-hybridized carbons (Fsp3) is 1.00. The van der Waals surface area contributed by atoms with Crippen molar-refractivity contribution in [3.63, 3.8) is 0 Å². The zero-order valence-electron chi connectivity index (χ0n) is 10.5. The molecule has 0 aromatic carbocycles. The Hall–Kier alpha value is -0.160. The van der Waals surface area contributed by atoms with Crippen molar-refractivity contribution < 1.29 is 9.84 Å². The summed E-state index contributed by atoms with van der Waals surface area (Å²) >= 11 is 0. The number of hydrogen-bond donors (Lipinski definition) is 3. The normalized spacial score (nSPS) is 31.1. The molecule has 0 aromatic rings. The summed E-state index contributed by atoms with van der Waals surface area (Å²) in [7, 11) is 0. The molecule has 0 aromatic heterocycles. The molecule has 0 saturated heterocycles. The minimum absolute atomic E-state index is 0.0781. The standard InChI is InChI=1S/C12H26N2O2/c1-3-16-11-7-12(8-11,9-13)14-10(2)5-4-6-15/h10-11,14-15H,3-9,13H2,1-2H3. The van der Waals surface area contributed by atoms with Crippen LogP contribution in [0.1, 0.15) is 39.5 Å². The van der Waals surface area contributed by atoms with Crippen LogP contribution in [0, 0.1) is 0 Å². The molecule has 0 aliphatic heterocycles. The Bertz CT molecular complexity index is 193. The van der Waals surface area contributed by atoms with Crippen molar-refractivity contribution in [1.29, 1.82) is 0 Å². The highest BCUT2D eigenvalue weighted by molar-refractivity contribution is 5.03. The molecule has 4 nitrogen and oxygen atoms in total. The van der Waals surface area contributed by atoms with Crippen LogP contribution < -0.4 is 11.1 Å². The number of hydrogen-bond acceptors (Lipinski definition) is 4. The summed E-state index contributed by atoms with van der Waals surface area (Å²) in [6.07, 6.45) is 4.26. The van der Waals surface area contributed by atoms with Crippen LogP contribution in [-0.2, 0) is 4.74 Å². The van der Waals surface area contributed by atoms with E-state index in [1.165, 1.54) is 0 Å². The van der Waals surface area contributed by atoms with E-state index in [9.17, 15) is 0 Å². The van der Waals surface area contributed by atoms with Gasteiger partial charge in [-0.2, -0.15) is 0 Å². The van der Waals surface area contributed by atoms with Gasteiger partial charge in [-0.15, -0.1) is 0 Å². The second-order valence-corrected chi connectivity index (χ2v) is 4.88. The Morgan fingerprint density at radius 3 is 2.75 bits per heavy atom. The molecule has 1 aliphatic rings. The van der Waals surface area contributed by atoms with Gasteiger partial charge >= 0.3 is 0 Å². The minimum Gasteiger partial charge on any atom is -0.396 e. The summed E-state index contributed by atoms with van der Waals surface area (Å²) in [6.45, 7) is 5.90. The van der Waals surface area contributed by atoms with Gasteiger partial charge in [-0.1, -0.05) is 0 Å². The zero-order chi connectivity index (χ0) is 12.0. The molecule has 0 heterocycles. The van der Waals surface area contributed by atoms with Gasteiger partial charge in [-0.25, -0.2) is 0 Å². The van der Waals surface area contributed by atoms with Gasteiger partial charge in [0.2, 0.25) is 0 Å². The molecule has 0 spiro atoms. The fourth-order valence-corrected chi connectivity index (χ4v) is 2.50. The zero-order valence-corrected chi connectivity index (χ0v) is 10.5. The molecule has 0 amide bonds. The van der Waals surface area contributed by atoms with E-state index in [1.54, 1.807) is 0 Å². The number of aliphatic hydroxyl groups is 1. The third kappa shape index (κ3) is 3.70. The number of ether oxygens (including phenoxy) is 1. The SMILES string of the molecule is CCOC1CC(CN)(NC(C)CCCO)C1. The molecule has 1 atom stereocenters. The summed E-state index contributed by atoms with van der Waals surface area (Å²) in [4.78, 5) is 0. The van der Waals surface area contributed by atoms with E-state index in [0.717, 1.165) is 32.3 Å². The van der Waals surface area contributed by atoms with Crippen molar-refractivity contribution in [3.8, 4) is 0 Å². The Balaban J connectivity index is 2.27. The molecule has 96 valence electrons. The summed E-state index contributed by atoms with van der Waals surface area (Å²) < 4.78 is 5.56. The Morgan fingerprint density at radius 1 is 1.56 bits per heavy atom. The third-order valence-electron chi connectivity index (χ3n) is 3.38. The summed E-state index contributed by atoms with van der Waals surface area (Å²) in [6, 6.07) is 0.415. The van der Waals surface area contributed by atoms with Gasteiger partial charge in [0.1, 0.15) is 0 Å². The number of nitrogens with two attached hydrogens (primary N) is 1. The van der Waals surface area contributed by atoms with E-state index >= 15 is 0 Å². The molecule has 1 unspecified atom stereocenters. The first kappa shape index (κ1) is 13.9. The molecule has 16 heavy (non-hydrogen) atoms. The van der Waals surface area contributed by atoms with Crippen molar-refractivity contribution in [2.24, 2.45) is 5.73 Å². The number of rotatable bonds is 8. The predicted octanol–water partition coefficient (Wildman–Crippen LogP) is 0.633. The van der Waals surface area contributed by atoms with E-state index in [1.807, 2.05) is 6.92 Å². The van der Waals surface area contributed by atoms with Gasteiger partial charge in [0, 0.05) is 31.3 Å². The maximum atomic E-state index is 8.78. The van der Waals surface area contributed by atoms with Crippen LogP contribution in [0.2, 0.25) is 0 Å². The van der Waals surface area contributed by atoms with E-state index < -0.39 is 0 Å². The maximum Gasteiger partial charge on any atom is 0.0611 e. The molecular formula is C12H26N2O2. The van der Waals surface area contributed by atoms with Crippen LogP contribution in [0.5, 0.6) is 0 Å². The lowest BCUT2D eigenvalue weighted by Gasteiger charge is -2.49. The fourth-order valence-electron chi connectivity index (χ4n) is 2.50. The molecule has 1 saturated carbocycles. The number of aliphatic hydroxyl groups excluding tert-OH is 1. The first-order chi connectivity index (χ1) is 7.65. The van der Waals surface area contributed by atoms with Gasteiger partial charge in [-0.05, 0) is 39.5 Å². The van der Waals surface area contributed by atoms with Crippen LogP contribution in [0.4, 0.5) is 0 Å². The van der Waals surface area contributed by atoms with Crippen molar-refractivity contribution in [1.82, 2.24) is 5.32 Å². The first-order valence-electron chi connectivity index (χ1n) is 6.36. The summed E-state index contributed by atoms with van der Waals surface area (Å²) in [5.41, 5.74) is 5.91. The lowest BCUT2D eigenvalue weighted by atomic mass is 9.73.